The minimum absolute atomic E-state index is 0.00650. The molecule has 7 nitrogen and oxygen atoms in total. The van der Waals surface area contributed by atoms with Crippen molar-refractivity contribution in [2.24, 2.45) is 0 Å². The van der Waals surface area contributed by atoms with Crippen LogP contribution in [0.3, 0.4) is 0 Å². The number of benzene rings is 1. The van der Waals surface area contributed by atoms with Gasteiger partial charge in [-0.15, -0.1) is 0 Å². The van der Waals surface area contributed by atoms with E-state index < -0.39 is 5.60 Å². The molecule has 2 fully saturated rings. The number of carbonyl (C=O) groups excluding carboxylic acids is 1. The predicted molar refractivity (Wildman–Crippen MR) is 142 cm³/mol. The highest BCUT2D eigenvalue weighted by molar-refractivity contribution is 5.69. The lowest BCUT2D eigenvalue weighted by Crippen LogP contribution is -2.50. The SMILES string of the molecule is CC(C)(C)OC(=O)N1CCN(c2ccnc(-c3ccc(NC4CCCC4)c(C(C)(C)C)c3)n2)CC1. The Hall–Kier alpha value is -2.83. The number of hydrogen-bond acceptors (Lipinski definition) is 6. The maximum absolute atomic E-state index is 12.4. The molecule has 2 aliphatic rings. The second-order valence-electron chi connectivity index (χ2n) is 11.8. The van der Waals surface area contributed by atoms with Crippen molar-refractivity contribution in [3.8, 4) is 11.4 Å². The number of nitrogens with zero attached hydrogens (tertiary/aromatic N) is 4. The first-order valence-corrected chi connectivity index (χ1v) is 13.0. The van der Waals surface area contributed by atoms with Crippen molar-refractivity contribution in [3.63, 3.8) is 0 Å². The molecule has 35 heavy (non-hydrogen) atoms. The van der Waals surface area contributed by atoms with E-state index in [0.29, 0.717) is 32.2 Å². The van der Waals surface area contributed by atoms with E-state index in [-0.39, 0.29) is 11.5 Å². The van der Waals surface area contributed by atoms with Crippen LogP contribution in [0.5, 0.6) is 0 Å². The zero-order valence-corrected chi connectivity index (χ0v) is 22.2. The van der Waals surface area contributed by atoms with Crippen LogP contribution in [-0.4, -0.2) is 58.8 Å². The van der Waals surface area contributed by atoms with Crippen molar-refractivity contribution in [2.45, 2.75) is 84.3 Å². The number of rotatable bonds is 4. The van der Waals surface area contributed by atoms with E-state index >= 15 is 0 Å². The fourth-order valence-electron chi connectivity index (χ4n) is 4.83. The Balaban J connectivity index is 1.49. The van der Waals surface area contributed by atoms with Gasteiger partial charge in [0.05, 0.1) is 0 Å². The highest BCUT2D eigenvalue weighted by atomic mass is 16.6. The summed E-state index contributed by atoms with van der Waals surface area (Å²) in [5.41, 5.74) is 3.07. The largest absolute Gasteiger partial charge is 0.444 e. The third-order valence-electron chi connectivity index (χ3n) is 6.70. The van der Waals surface area contributed by atoms with Crippen LogP contribution in [0.1, 0.15) is 72.8 Å². The lowest BCUT2D eigenvalue weighted by molar-refractivity contribution is 0.0240. The highest BCUT2D eigenvalue weighted by Gasteiger charge is 2.27. The Labute approximate surface area is 210 Å². The Morgan fingerprint density at radius 3 is 2.31 bits per heavy atom. The maximum Gasteiger partial charge on any atom is 0.410 e. The third kappa shape index (κ3) is 6.44. The quantitative estimate of drug-likeness (QED) is 0.593. The van der Waals surface area contributed by atoms with E-state index in [1.165, 1.54) is 36.9 Å². The van der Waals surface area contributed by atoms with Crippen LogP contribution in [0, 0.1) is 0 Å². The van der Waals surface area contributed by atoms with E-state index in [2.05, 4.69) is 54.2 Å². The zero-order valence-electron chi connectivity index (χ0n) is 22.2. The van der Waals surface area contributed by atoms with Gasteiger partial charge in [0, 0.05) is 49.7 Å². The maximum atomic E-state index is 12.4. The lowest BCUT2D eigenvalue weighted by atomic mass is 9.84. The van der Waals surface area contributed by atoms with Crippen LogP contribution in [0.25, 0.3) is 11.4 Å². The van der Waals surface area contributed by atoms with Crippen LogP contribution in [0.4, 0.5) is 16.3 Å². The molecule has 1 saturated heterocycles. The molecular weight excluding hydrogens is 438 g/mol. The van der Waals surface area contributed by atoms with Gasteiger partial charge in [-0.2, -0.15) is 0 Å². The fraction of sp³-hybridized carbons (Fsp3) is 0.607. The zero-order chi connectivity index (χ0) is 25.2. The van der Waals surface area contributed by atoms with E-state index in [1.54, 1.807) is 4.90 Å². The average Bonchev–Trinajstić information content (AvgIpc) is 3.31. The molecule has 0 radical (unpaired) electrons. The first-order chi connectivity index (χ1) is 16.5. The Kier molecular flexibility index (Phi) is 7.25. The number of ether oxygens (including phenoxy) is 1. The molecule has 1 aromatic heterocycles. The monoisotopic (exact) mass is 479 g/mol. The summed E-state index contributed by atoms with van der Waals surface area (Å²) in [6.07, 6.45) is 6.71. The van der Waals surface area contributed by atoms with Crippen molar-refractivity contribution in [1.82, 2.24) is 14.9 Å². The minimum atomic E-state index is -0.482. The predicted octanol–water partition coefficient (Wildman–Crippen LogP) is 5.85. The van der Waals surface area contributed by atoms with Gasteiger partial charge in [0.25, 0.3) is 0 Å². The normalized spacial score (nSPS) is 17.5. The Bertz CT molecular complexity index is 1030. The van der Waals surface area contributed by atoms with Crippen molar-refractivity contribution < 1.29 is 9.53 Å². The number of aromatic nitrogens is 2. The molecule has 2 aromatic rings. The second-order valence-corrected chi connectivity index (χ2v) is 11.8. The van der Waals surface area contributed by atoms with Crippen LogP contribution in [0.2, 0.25) is 0 Å². The van der Waals surface area contributed by atoms with Gasteiger partial charge in [-0.05, 0) is 68.9 Å². The first-order valence-electron chi connectivity index (χ1n) is 13.0. The average molecular weight is 480 g/mol. The summed E-state index contributed by atoms with van der Waals surface area (Å²) in [6, 6.07) is 9.10. The summed E-state index contributed by atoms with van der Waals surface area (Å²) >= 11 is 0. The summed E-state index contributed by atoms with van der Waals surface area (Å²) in [6.45, 7) is 15.1. The van der Waals surface area contributed by atoms with Gasteiger partial charge in [-0.3, -0.25) is 0 Å². The van der Waals surface area contributed by atoms with Gasteiger partial charge < -0.3 is 19.9 Å². The van der Waals surface area contributed by atoms with Crippen LogP contribution in [-0.2, 0) is 10.2 Å². The van der Waals surface area contributed by atoms with Crippen LogP contribution in [0.15, 0.2) is 30.5 Å². The van der Waals surface area contributed by atoms with Crippen LogP contribution >= 0.6 is 0 Å². The number of anilines is 2. The number of piperazine rings is 1. The van der Waals surface area contributed by atoms with E-state index in [1.807, 2.05) is 33.0 Å². The number of carbonyl (C=O) groups is 1. The first kappa shape index (κ1) is 25.3. The van der Waals surface area contributed by atoms with Gasteiger partial charge >= 0.3 is 6.09 Å². The van der Waals surface area contributed by atoms with Gasteiger partial charge in [0.2, 0.25) is 0 Å². The molecule has 0 atom stereocenters. The molecule has 1 amide bonds. The topological polar surface area (TPSA) is 70.6 Å². The molecule has 1 N–H and O–H groups in total. The Morgan fingerprint density at radius 1 is 1.00 bits per heavy atom. The summed E-state index contributed by atoms with van der Waals surface area (Å²) in [7, 11) is 0. The fourth-order valence-corrected chi connectivity index (χ4v) is 4.83. The smallest absolute Gasteiger partial charge is 0.410 e. The van der Waals surface area contributed by atoms with Gasteiger partial charge in [-0.25, -0.2) is 14.8 Å². The third-order valence-corrected chi connectivity index (χ3v) is 6.70. The van der Waals surface area contributed by atoms with Crippen molar-refractivity contribution in [2.75, 3.05) is 36.4 Å². The number of amides is 1. The number of hydrogen-bond donors (Lipinski definition) is 1. The molecule has 4 rings (SSSR count). The molecule has 0 unspecified atom stereocenters. The van der Waals surface area contributed by atoms with Crippen molar-refractivity contribution >= 4 is 17.6 Å². The minimum Gasteiger partial charge on any atom is -0.444 e. The molecule has 1 aromatic carbocycles. The summed E-state index contributed by atoms with van der Waals surface area (Å²) in [4.78, 5) is 25.9. The van der Waals surface area contributed by atoms with Gasteiger partial charge in [0.15, 0.2) is 5.82 Å². The molecule has 2 heterocycles. The van der Waals surface area contributed by atoms with E-state index in [9.17, 15) is 4.79 Å². The molecule has 0 bridgehead atoms. The van der Waals surface area contributed by atoms with Gasteiger partial charge in [0.1, 0.15) is 11.4 Å². The molecule has 7 heteroatoms. The molecule has 190 valence electrons. The lowest BCUT2D eigenvalue weighted by Gasteiger charge is -2.36. The highest BCUT2D eigenvalue weighted by Crippen LogP contribution is 2.35. The Morgan fingerprint density at radius 2 is 1.69 bits per heavy atom. The summed E-state index contributed by atoms with van der Waals surface area (Å²) in [5, 5.41) is 3.79. The summed E-state index contributed by atoms with van der Waals surface area (Å²) in [5.74, 6) is 1.62. The second kappa shape index (κ2) is 10.0. The molecule has 1 aliphatic carbocycles. The molecule has 0 spiro atoms. The molecule has 1 saturated carbocycles. The molecule has 1 aliphatic heterocycles. The molecular formula is C28H41N5O2. The van der Waals surface area contributed by atoms with Crippen molar-refractivity contribution in [1.29, 1.82) is 0 Å². The van der Waals surface area contributed by atoms with Crippen LogP contribution < -0.4 is 10.2 Å². The van der Waals surface area contributed by atoms with Gasteiger partial charge in [-0.1, -0.05) is 33.6 Å². The van der Waals surface area contributed by atoms with E-state index in [4.69, 9.17) is 9.72 Å². The summed E-state index contributed by atoms with van der Waals surface area (Å²) < 4.78 is 5.52. The number of nitrogens with one attached hydrogen (secondary N) is 1. The van der Waals surface area contributed by atoms with Crippen molar-refractivity contribution in [3.05, 3.63) is 36.0 Å². The standard InChI is InChI=1S/C28H41N5O2/c1-27(2,3)22-19-20(11-12-23(22)30-21-9-7-8-10-21)25-29-14-13-24(31-25)32-15-17-33(18-16-32)26(34)35-28(4,5)6/h11-14,19,21,30H,7-10,15-18H2,1-6H3. The van der Waals surface area contributed by atoms with E-state index in [0.717, 1.165) is 17.2 Å².